The third kappa shape index (κ3) is 2.60. The van der Waals surface area contributed by atoms with Crippen LogP contribution in [0.2, 0.25) is 5.02 Å². The molecule has 1 amide bonds. The number of fused-ring (bicyclic) bond motifs is 1. The van der Waals surface area contributed by atoms with Crippen molar-refractivity contribution in [2.45, 2.75) is 13.0 Å². The Balaban J connectivity index is 1.84. The lowest BCUT2D eigenvalue weighted by Gasteiger charge is -2.15. The number of nitrogens with one attached hydrogen (secondary N) is 1. The summed E-state index contributed by atoms with van der Waals surface area (Å²) in [5.41, 5.74) is 0.293. The summed E-state index contributed by atoms with van der Waals surface area (Å²) in [6, 6.07) is 4.06. The molecule has 2 heterocycles. The van der Waals surface area contributed by atoms with Gasteiger partial charge in [-0.3, -0.25) is 14.9 Å². The standard InChI is InChI=1S/C13H11ClN4O4/c14-10-3-2-8(6-11(10)18(20)21)16-12(19)9-7-15-17-4-1-5-22-13(9)17/h2-3,6-7H,1,4-5H2,(H,16,19). The molecular formula is C13H11ClN4O4. The molecule has 1 aromatic carbocycles. The molecule has 0 aliphatic carbocycles. The number of aromatic nitrogens is 2. The molecule has 0 spiro atoms. The van der Waals surface area contributed by atoms with Crippen molar-refractivity contribution in [2.24, 2.45) is 0 Å². The highest BCUT2D eigenvalue weighted by molar-refractivity contribution is 6.32. The van der Waals surface area contributed by atoms with E-state index in [1.807, 2.05) is 0 Å². The Morgan fingerprint density at radius 3 is 3.09 bits per heavy atom. The second kappa shape index (κ2) is 5.64. The van der Waals surface area contributed by atoms with Gasteiger partial charge in [-0.25, -0.2) is 4.68 Å². The zero-order valence-corrected chi connectivity index (χ0v) is 12.0. The Kier molecular flexibility index (Phi) is 3.68. The maximum atomic E-state index is 12.3. The first-order valence-electron chi connectivity index (χ1n) is 6.50. The van der Waals surface area contributed by atoms with Gasteiger partial charge in [0.05, 0.1) is 17.7 Å². The van der Waals surface area contributed by atoms with Crippen LogP contribution in [0.5, 0.6) is 5.88 Å². The Hall–Kier alpha value is -2.61. The molecule has 0 fully saturated rings. The molecular weight excluding hydrogens is 312 g/mol. The highest BCUT2D eigenvalue weighted by atomic mass is 35.5. The van der Waals surface area contributed by atoms with Crippen molar-refractivity contribution in [3.63, 3.8) is 0 Å². The molecule has 0 bridgehead atoms. The van der Waals surface area contributed by atoms with E-state index >= 15 is 0 Å². The lowest BCUT2D eigenvalue weighted by Crippen LogP contribution is -2.18. The quantitative estimate of drug-likeness (QED) is 0.691. The smallest absolute Gasteiger partial charge is 0.289 e. The molecule has 22 heavy (non-hydrogen) atoms. The highest BCUT2D eigenvalue weighted by Gasteiger charge is 2.22. The molecule has 1 aliphatic rings. The molecule has 0 saturated carbocycles. The summed E-state index contributed by atoms with van der Waals surface area (Å²) < 4.78 is 7.06. The van der Waals surface area contributed by atoms with E-state index < -0.39 is 10.8 Å². The second-order valence-electron chi connectivity index (χ2n) is 4.67. The van der Waals surface area contributed by atoms with Crippen LogP contribution in [-0.2, 0) is 6.54 Å². The van der Waals surface area contributed by atoms with Crippen LogP contribution in [0.4, 0.5) is 11.4 Å². The molecule has 0 unspecified atom stereocenters. The minimum atomic E-state index is -0.608. The third-order valence-electron chi connectivity index (χ3n) is 3.19. The van der Waals surface area contributed by atoms with E-state index in [4.69, 9.17) is 16.3 Å². The van der Waals surface area contributed by atoms with Crippen molar-refractivity contribution in [1.82, 2.24) is 9.78 Å². The van der Waals surface area contributed by atoms with E-state index in [1.165, 1.54) is 24.4 Å². The molecule has 0 saturated heterocycles. The molecule has 0 atom stereocenters. The van der Waals surface area contributed by atoms with Crippen molar-refractivity contribution in [3.05, 3.63) is 45.1 Å². The van der Waals surface area contributed by atoms with Gasteiger partial charge in [0.2, 0.25) is 5.88 Å². The molecule has 2 aromatic rings. The number of benzene rings is 1. The van der Waals surface area contributed by atoms with Gasteiger partial charge in [0.1, 0.15) is 10.6 Å². The van der Waals surface area contributed by atoms with E-state index in [0.717, 1.165) is 6.42 Å². The zero-order chi connectivity index (χ0) is 15.7. The lowest BCUT2D eigenvalue weighted by atomic mass is 10.2. The van der Waals surface area contributed by atoms with E-state index in [9.17, 15) is 14.9 Å². The van der Waals surface area contributed by atoms with Gasteiger partial charge in [0.25, 0.3) is 11.6 Å². The van der Waals surface area contributed by atoms with Crippen molar-refractivity contribution in [1.29, 1.82) is 0 Å². The molecule has 114 valence electrons. The monoisotopic (exact) mass is 322 g/mol. The molecule has 8 nitrogen and oxygen atoms in total. The van der Waals surface area contributed by atoms with Crippen LogP contribution in [0.1, 0.15) is 16.8 Å². The average Bonchev–Trinajstić information content (AvgIpc) is 2.93. The Bertz CT molecular complexity index is 758. The van der Waals surface area contributed by atoms with Crippen LogP contribution in [0, 0.1) is 10.1 Å². The van der Waals surface area contributed by atoms with Gasteiger partial charge in [0.15, 0.2) is 0 Å². The Morgan fingerprint density at radius 1 is 1.50 bits per heavy atom. The van der Waals surface area contributed by atoms with Gasteiger partial charge in [-0.2, -0.15) is 5.10 Å². The van der Waals surface area contributed by atoms with Gasteiger partial charge in [-0.1, -0.05) is 11.6 Å². The van der Waals surface area contributed by atoms with Crippen LogP contribution in [0.15, 0.2) is 24.4 Å². The molecule has 0 radical (unpaired) electrons. The number of nitro groups is 1. The minimum Gasteiger partial charge on any atom is -0.477 e. The van der Waals surface area contributed by atoms with Crippen molar-refractivity contribution in [3.8, 4) is 5.88 Å². The maximum Gasteiger partial charge on any atom is 0.289 e. The number of aryl methyl sites for hydroxylation is 1. The summed E-state index contributed by atoms with van der Waals surface area (Å²) in [6.07, 6.45) is 2.25. The second-order valence-corrected chi connectivity index (χ2v) is 5.07. The van der Waals surface area contributed by atoms with E-state index in [1.54, 1.807) is 4.68 Å². The van der Waals surface area contributed by atoms with Gasteiger partial charge in [-0.05, 0) is 12.1 Å². The van der Waals surface area contributed by atoms with E-state index in [0.29, 0.717) is 19.0 Å². The van der Waals surface area contributed by atoms with Gasteiger partial charge < -0.3 is 10.1 Å². The molecule has 1 aromatic heterocycles. The fourth-order valence-electron chi connectivity index (χ4n) is 2.15. The number of nitro benzene ring substituents is 1. The normalized spacial score (nSPS) is 13.1. The summed E-state index contributed by atoms with van der Waals surface area (Å²) in [7, 11) is 0. The number of halogens is 1. The number of carbonyl (C=O) groups is 1. The van der Waals surface area contributed by atoms with Crippen LogP contribution < -0.4 is 10.1 Å². The number of carbonyl (C=O) groups excluding carboxylic acids is 1. The van der Waals surface area contributed by atoms with Gasteiger partial charge in [0, 0.05) is 24.7 Å². The summed E-state index contributed by atoms with van der Waals surface area (Å²) in [6.45, 7) is 1.22. The fraction of sp³-hybridized carbons (Fsp3) is 0.231. The van der Waals surface area contributed by atoms with Crippen molar-refractivity contribution >= 4 is 28.9 Å². The summed E-state index contributed by atoms with van der Waals surface area (Å²) in [4.78, 5) is 22.5. The summed E-state index contributed by atoms with van der Waals surface area (Å²) in [5, 5.41) is 17.5. The topological polar surface area (TPSA) is 99.3 Å². The number of nitrogens with zero attached hydrogens (tertiary/aromatic N) is 3. The van der Waals surface area contributed by atoms with Crippen LogP contribution >= 0.6 is 11.6 Å². The van der Waals surface area contributed by atoms with Crippen LogP contribution in [0.3, 0.4) is 0 Å². The van der Waals surface area contributed by atoms with Gasteiger partial charge in [-0.15, -0.1) is 0 Å². The lowest BCUT2D eigenvalue weighted by molar-refractivity contribution is -0.384. The average molecular weight is 323 g/mol. The van der Waals surface area contributed by atoms with Crippen molar-refractivity contribution in [2.75, 3.05) is 11.9 Å². The Labute approximate surface area is 129 Å². The van der Waals surface area contributed by atoms with Crippen LogP contribution in [-0.4, -0.2) is 27.2 Å². The molecule has 9 heteroatoms. The maximum absolute atomic E-state index is 12.3. The minimum absolute atomic E-state index is 0.00856. The number of hydrogen-bond acceptors (Lipinski definition) is 5. The summed E-state index contributed by atoms with van der Waals surface area (Å²) >= 11 is 5.73. The number of anilines is 1. The first-order valence-corrected chi connectivity index (χ1v) is 6.88. The number of ether oxygens (including phenoxy) is 1. The largest absolute Gasteiger partial charge is 0.477 e. The first-order chi connectivity index (χ1) is 10.6. The zero-order valence-electron chi connectivity index (χ0n) is 11.3. The predicted octanol–water partition coefficient (Wildman–Crippen LogP) is 2.48. The van der Waals surface area contributed by atoms with Gasteiger partial charge >= 0.3 is 0 Å². The number of hydrogen-bond donors (Lipinski definition) is 1. The number of amides is 1. The molecule has 1 aliphatic heterocycles. The predicted molar refractivity (Wildman–Crippen MR) is 78.4 cm³/mol. The fourth-order valence-corrected chi connectivity index (χ4v) is 2.34. The van der Waals surface area contributed by atoms with Crippen molar-refractivity contribution < 1.29 is 14.5 Å². The SMILES string of the molecule is O=C(Nc1ccc(Cl)c([N+](=O)[O-])c1)c1cnn2c1OCCC2. The van der Waals surface area contributed by atoms with E-state index in [-0.39, 0.29) is 22.0 Å². The first kappa shape index (κ1) is 14.3. The molecule has 3 rings (SSSR count). The third-order valence-corrected chi connectivity index (χ3v) is 3.51. The van der Waals surface area contributed by atoms with Crippen LogP contribution in [0.25, 0.3) is 0 Å². The molecule has 1 N–H and O–H groups in total. The Morgan fingerprint density at radius 2 is 2.32 bits per heavy atom. The summed E-state index contributed by atoms with van der Waals surface area (Å²) in [5.74, 6) is -0.0352. The highest BCUT2D eigenvalue weighted by Crippen LogP contribution is 2.28. The van der Waals surface area contributed by atoms with E-state index in [2.05, 4.69) is 10.4 Å². The number of rotatable bonds is 3.